The number of para-hydroxylation sites is 1. The number of carbonyl (C=O) groups excluding carboxylic acids is 1. The molecule has 1 aliphatic heterocycles. The minimum absolute atomic E-state index is 0.00267. The predicted octanol–water partition coefficient (Wildman–Crippen LogP) is 2.67. The van der Waals surface area contributed by atoms with E-state index in [1.54, 1.807) is 23.1 Å². The van der Waals surface area contributed by atoms with Crippen LogP contribution in [0.1, 0.15) is 12.8 Å². The number of nitrogens with two attached hydrogens (primary N) is 1. The first kappa shape index (κ1) is 16.0. The van der Waals surface area contributed by atoms with Crippen molar-refractivity contribution in [1.29, 1.82) is 0 Å². The van der Waals surface area contributed by atoms with E-state index in [4.69, 9.17) is 41.2 Å². The molecule has 1 aliphatic rings. The van der Waals surface area contributed by atoms with E-state index < -0.39 is 0 Å². The molecule has 0 aliphatic carbocycles. The molecule has 0 aromatic heterocycles. The van der Waals surface area contributed by atoms with Crippen LogP contribution in [0.25, 0.3) is 0 Å². The van der Waals surface area contributed by atoms with Gasteiger partial charge in [0.05, 0.1) is 15.7 Å². The highest BCUT2D eigenvalue weighted by Crippen LogP contribution is 2.29. The largest absolute Gasteiger partial charge is 0.388 e. The van der Waals surface area contributed by atoms with Crippen molar-refractivity contribution in [2.75, 3.05) is 18.5 Å². The Hall–Kier alpha value is -1.37. The van der Waals surface area contributed by atoms with Crippen LogP contribution in [0.2, 0.25) is 10.0 Å². The van der Waals surface area contributed by atoms with Gasteiger partial charge in [0.25, 0.3) is 5.91 Å². The molecule has 0 atom stereocenters. The van der Waals surface area contributed by atoms with Crippen LogP contribution in [0.15, 0.2) is 23.3 Å². The van der Waals surface area contributed by atoms with Crippen molar-refractivity contribution in [2.45, 2.75) is 12.8 Å². The maximum absolute atomic E-state index is 12.3. The Balaban J connectivity index is 2.22. The minimum atomic E-state index is -0.282. The maximum Gasteiger partial charge on any atom is 0.277 e. The topological polar surface area (TPSA) is 70.7 Å². The van der Waals surface area contributed by atoms with E-state index in [0.717, 1.165) is 12.8 Å². The summed E-state index contributed by atoms with van der Waals surface area (Å²) in [6.45, 7) is 1.38. The smallest absolute Gasteiger partial charge is 0.277 e. The van der Waals surface area contributed by atoms with Gasteiger partial charge in [-0.1, -0.05) is 41.5 Å². The molecule has 1 aromatic carbocycles. The van der Waals surface area contributed by atoms with Crippen molar-refractivity contribution in [1.82, 2.24) is 4.90 Å². The SMILES string of the molecule is NC(=S)/C(=N\Nc1c(Cl)cccc1Cl)C(=O)N1CCCC1. The van der Waals surface area contributed by atoms with E-state index in [-0.39, 0.29) is 16.6 Å². The van der Waals surface area contributed by atoms with Crippen LogP contribution in [0, 0.1) is 0 Å². The summed E-state index contributed by atoms with van der Waals surface area (Å²) < 4.78 is 0. The van der Waals surface area contributed by atoms with Crippen LogP contribution in [-0.2, 0) is 4.79 Å². The molecule has 1 fully saturated rings. The summed E-state index contributed by atoms with van der Waals surface area (Å²) in [4.78, 5) is 13.9. The van der Waals surface area contributed by atoms with Gasteiger partial charge in [0.15, 0.2) is 5.71 Å². The first-order valence-corrected chi connectivity index (χ1v) is 7.54. The zero-order valence-electron chi connectivity index (χ0n) is 11.1. The number of hydrazone groups is 1. The van der Waals surface area contributed by atoms with Crippen molar-refractivity contribution >= 4 is 57.7 Å². The van der Waals surface area contributed by atoms with Gasteiger partial charge in [0.2, 0.25) is 0 Å². The molecule has 1 aromatic rings. The number of hydrogen-bond donors (Lipinski definition) is 2. The molecular weight excluding hydrogens is 331 g/mol. The quantitative estimate of drug-likeness (QED) is 0.500. The van der Waals surface area contributed by atoms with Crippen LogP contribution in [0.5, 0.6) is 0 Å². The molecule has 0 radical (unpaired) electrons. The molecule has 0 saturated carbocycles. The number of benzene rings is 1. The number of nitrogens with zero attached hydrogens (tertiary/aromatic N) is 2. The number of nitrogens with one attached hydrogen (secondary N) is 1. The Kier molecular flexibility index (Phi) is 5.39. The van der Waals surface area contributed by atoms with Crippen molar-refractivity contribution in [3.8, 4) is 0 Å². The molecule has 1 amide bonds. The van der Waals surface area contributed by atoms with E-state index >= 15 is 0 Å². The molecule has 5 nitrogen and oxygen atoms in total. The van der Waals surface area contributed by atoms with Gasteiger partial charge >= 0.3 is 0 Å². The second kappa shape index (κ2) is 7.06. The van der Waals surface area contributed by atoms with Crippen molar-refractivity contribution in [3.05, 3.63) is 28.2 Å². The zero-order valence-corrected chi connectivity index (χ0v) is 13.4. The highest BCUT2D eigenvalue weighted by molar-refractivity contribution is 7.82. The Bertz CT molecular complexity index is 580. The normalized spacial score (nSPS) is 15.1. The van der Waals surface area contributed by atoms with E-state index in [0.29, 0.717) is 28.8 Å². The lowest BCUT2D eigenvalue weighted by Gasteiger charge is -2.16. The number of carbonyl (C=O) groups is 1. The number of hydrogen-bond acceptors (Lipinski definition) is 4. The van der Waals surface area contributed by atoms with Gasteiger partial charge in [-0.3, -0.25) is 10.2 Å². The van der Waals surface area contributed by atoms with E-state index in [1.165, 1.54) is 0 Å². The third-order valence-corrected chi connectivity index (χ3v) is 3.89. The van der Waals surface area contributed by atoms with Gasteiger partial charge in [-0.25, -0.2) is 0 Å². The summed E-state index contributed by atoms with van der Waals surface area (Å²) in [5, 5.41) is 4.78. The van der Waals surface area contributed by atoms with E-state index in [1.807, 2.05) is 0 Å². The van der Waals surface area contributed by atoms with Crippen LogP contribution >= 0.6 is 35.4 Å². The summed E-state index contributed by atoms with van der Waals surface area (Å²) in [5.74, 6) is -0.282. The fourth-order valence-corrected chi connectivity index (χ4v) is 2.61. The molecule has 8 heteroatoms. The summed E-state index contributed by atoms with van der Waals surface area (Å²) in [5.41, 5.74) is 8.68. The molecule has 3 N–H and O–H groups in total. The predicted molar refractivity (Wildman–Crippen MR) is 90.1 cm³/mol. The molecular formula is C13H14Cl2N4OS. The van der Waals surface area contributed by atoms with Gasteiger partial charge < -0.3 is 10.6 Å². The Morgan fingerprint density at radius 1 is 1.29 bits per heavy atom. The van der Waals surface area contributed by atoms with Gasteiger partial charge in [0, 0.05) is 13.1 Å². The van der Waals surface area contributed by atoms with Crippen LogP contribution in [-0.4, -0.2) is 34.6 Å². The summed E-state index contributed by atoms with van der Waals surface area (Å²) in [6, 6.07) is 5.03. The average Bonchev–Trinajstić information content (AvgIpc) is 2.95. The number of likely N-dealkylation sites (tertiary alicyclic amines) is 1. The second-order valence-corrected chi connectivity index (χ2v) is 5.79. The Morgan fingerprint density at radius 2 is 1.86 bits per heavy atom. The maximum atomic E-state index is 12.3. The van der Waals surface area contributed by atoms with Gasteiger partial charge in [-0.2, -0.15) is 5.10 Å². The van der Waals surface area contributed by atoms with Gasteiger partial charge in [-0.05, 0) is 25.0 Å². The third kappa shape index (κ3) is 3.84. The Labute approximate surface area is 138 Å². The molecule has 112 valence electrons. The number of halogens is 2. The summed E-state index contributed by atoms with van der Waals surface area (Å²) in [6.07, 6.45) is 1.94. The first-order valence-electron chi connectivity index (χ1n) is 6.37. The lowest BCUT2D eigenvalue weighted by Crippen LogP contribution is -2.40. The number of thiocarbonyl (C=S) groups is 1. The molecule has 0 unspecified atom stereocenters. The third-order valence-electron chi connectivity index (χ3n) is 3.07. The molecule has 1 saturated heterocycles. The monoisotopic (exact) mass is 344 g/mol. The van der Waals surface area contributed by atoms with Gasteiger partial charge in [-0.15, -0.1) is 0 Å². The van der Waals surface area contributed by atoms with E-state index in [2.05, 4.69) is 10.5 Å². The zero-order chi connectivity index (χ0) is 15.4. The number of amides is 1. The van der Waals surface area contributed by atoms with Crippen LogP contribution < -0.4 is 11.2 Å². The Morgan fingerprint density at radius 3 is 2.38 bits per heavy atom. The second-order valence-electron chi connectivity index (χ2n) is 4.53. The lowest BCUT2D eigenvalue weighted by molar-refractivity contribution is -0.122. The van der Waals surface area contributed by atoms with Crippen LogP contribution in [0.3, 0.4) is 0 Å². The van der Waals surface area contributed by atoms with Crippen molar-refractivity contribution in [3.63, 3.8) is 0 Å². The van der Waals surface area contributed by atoms with Crippen molar-refractivity contribution < 1.29 is 4.79 Å². The molecule has 0 spiro atoms. The van der Waals surface area contributed by atoms with E-state index in [9.17, 15) is 4.79 Å². The van der Waals surface area contributed by atoms with Crippen LogP contribution in [0.4, 0.5) is 5.69 Å². The van der Waals surface area contributed by atoms with Gasteiger partial charge in [0.1, 0.15) is 4.99 Å². The molecule has 0 bridgehead atoms. The first-order chi connectivity index (χ1) is 10.0. The molecule has 2 rings (SSSR count). The highest BCUT2D eigenvalue weighted by atomic mass is 35.5. The average molecular weight is 345 g/mol. The highest BCUT2D eigenvalue weighted by Gasteiger charge is 2.24. The fraction of sp³-hybridized carbons (Fsp3) is 0.308. The molecule has 1 heterocycles. The lowest BCUT2D eigenvalue weighted by atomic mass is 10.3. The number of anilines is 1. The summed E-state index contributed by atoms with van der Waals surface area (Å²) in [7, 11) is 0. The number of rotatable bonds is 4. The van der Waals surface area contributed by atoms with Crippen molar-refractivity contribution in [2.24, 2.45) is 10.8 Å². The summed E-state index contributed by atoms with van der Waals surface area (Å²) >= 11 is 17.0. The minimum Gasteiger partial charge on any atom is -0.388 e. The standard InChI is InChI=1S/C13H14Cl2N4OS/c14-8-4-3-5-9(15)10(8)17-18-11(12(16)21)13(20)19-6-1-2-7-19/h3-5,17H,1-2,6-7H2,(H2,16,21)/b18-11+. The fourth-order valence-electron chi connectivity index (χ4n) is 1.99. The molecule has 21 heavy (non-hydrogen) atoms.